The van der Waals surface area contributed by atoms with E-state index in [9.17, 15) is 9.59 Å². The van der Waals surface area contributed by atoms with E-state index in [-0.39, 0.29) is 37.0 Å². The number of benzene rings is 6. The Morgan fingerprint density at radius 3 is 0.833 bits per heavy atom. The number of carbonyl (C=O) groups is 2. The van der Waals surface area contributed by atoms with Crippen LogP contribution in [0.4, 0.5) is 0 Å². The first-order valence-electron chi connectivity index (χ1n) is 19.0. The van der Waals surface area contributed by atoms with Gasteiger partial charge < -0.3 is 10.6 Å². The van der Waals surface area contributed by atoms with Crippen LogP contribution in [0.3, 0.4) is 0 Å². The molecule has 0 unspecified atom stereocenters. The maximum absolute atomic E-state index is 13.9. The van der Waals surface area contributed by atoms with Crippen molar-refractivity contribution in [1.82, 2.24) is 21.3 Å². The van der Waals surface area contributed by atoms with E-state index in [1.807, 2.05) is 109 Å². The van der Waals surface area contributed by atoms with Gasteiger partial charge in [-0.05, 0) is 46.2 Å². The summed E-state index contributed by atoms with van der Waals surface area (Å²) in [4.78, 5) is 27.8. The van der Waals surface area contributed by atoms with E-state index >= 15 is 0 Å². The summed E-state index contributed by atoms with van der Waals surface area (Å²) in [6, 6.07) is 61.3. The predicted molar refractivity (Wildman–Crippen MR) is 217 cm³/mol. The van der Waals surface area contributed by atoms with Crippen LogP contribution < -0.4 is 21.3 Å². The van der Waals surface area contributed by atoms with Gasteiger partial charge in [0.15, 0.2) is 0 Å². The largest absolute Gasteiger partial charge is 0.350 e. The van der Waals surface area contributed by atoms with Gasteiger partial charge in [0.1, 0.15) is 0 Å². The third kappa shape index (κ3) is 7.91. The molecule has 2 atom stereocenters. The van der Waals surface area contributed by atoms with Crippen molar-refractivity contribution >= 4 is 11.8 Å². The van der Waals surface area contributed by atoms with Crippen LogP contribution in [0.2, 0.25) is 0 Å². The molecular formula is C48H48N4O2. The number of hydrogen-bond donors (Lipinski definition) is 4. The minimum Gasteiger partial charge on any atom is -0.350 e. The lowest BCUT2D eigenvalue weighted by Gasteiger charge is -2.38. The maximum Gasteiger partial charge on any atom is 0.234 e. The Morgan fingerprint density at radius 1 is 0.389 bits per heavy atom. The van der Waals surface area contributed by atoms with Crippen molar-refractivity contribution in [3.63, 3.8) is 0 Å². The molecule has 6 nitrogen and oxygen atoms in total. The minimum atomic E-state index is -0.754. The van der Waals surface area contributed by atoms with Crippen molar-refractivity contribution in [2.24, 2.45) is 0 Å². The van der Waals surface area contributed by atoms with Crippen LogP contribution in [-0.2, 0) is 20.7 Å². The van der Waals surface area contributed by atoms with Gasteiger partial charge in [-0.25, -0.2) is 0 Å². The summed E-state index contributed by atoms with van der Waals surface area (Å²) < 4.78 is 0. The summed E-state index contributed by atoms with van der Waals surface area (Å²) >= 11 is 0. The van der Waals surface area contributed by atoms with Crippen molar-refractivity contribution in [1.29, 1.82) is 0 Å². The quantitative estimate of drug-likeness (QED) is 0.0874. The molecule has 1 aliphatic carbocycles. The molecule has 0 bridgehead atoms. The number of carbonyl (C=O) groups excluding carboxylic acids is 2. The van der Waals surface area contributed by atoms with Crippen LogP contribution in [0, 0.1) is 0 Å². The second kappa shape index (κ2) is 17.3. The van der Waals surface area contributed by atoms with Gasteiger partial charge in [0.2, 0.25) is 11.8 Å². The number of rotatable bonds is 14. The number of nitrogens with one attached hydrogen (secondary N) is 4. The average Bonchev–Trinajstić information content (AvgIpc) is 3.24. The van der Waals surface area contributed by atoms with Gasteiger partial charge in [-0.15, -0.1) is 0 Å². The monoisotopic (exact) mass is 712 g/mol. The van der Waals surface area contributed by atoms with Gasteiger partial charge in [0.25, 0.3) is 0 Å². The zero-order valence-corrected chi connectivity index (χ0v) is 30.5. The first-order valence-corrected chi connectivity index (χ1v) is 19.0. The molecule has 0 spiro atoms. The zero-order chi connectivity index (χ0) is 37.1. The Balaban J connectivity index is 1.08. The molecule has 1 fully saturated rings. The third-order valence-electron chi connectivity index (χ3n) is 10.7. The fraction of sp³-hybridized carbons (Fsp3) is 0.208. The Morgan fingerprint density at radius 2 is 0.611 bits per heavy atom. The summed E-state index contributed by atoms with van der Waals surface area (Å²) in [5.74, 6) is -0.217. The Kier molecular flexibility index (Phi) is 11.7. The van der Waals surface area contributed by atoms with Crippen molar-refractivity contribution in [3.8, 4) is 0 Å². The van der Waals surface area contributed by atoms with Crippen LogP contribution in [0.5, 0.6) is 0 Å². The topological polar surface area (TPSA) is 82.3 Å². The summed E-state index contributed by atoms with van der Waals surface area (Å²) in [5, 5.41) is 14.0. The Hall–Kier alpha value is -5.82. The van der Waals surface area contributed by atoms with Gasteiger partial charge >= 0.3 is 0 Å². The summed E-state index contributed by atoms with van der Waals surface area (Å²) in [5.41, 5.74) is 4.76. The molecule has 1 aliphatic rings. The molecule has 54 heavy (non-hydrogen) atoms. The van der Waals surface area contributed by atoms with Crippen molar-refractivity contribution in [3.05, 3.63) is 215 Å². The Labute approximate surface area is 319 Å². The zero-order valence-electron chi connectivity index (χ0n) is 30.5. The molecule has 4 N–H and O–H groups in total. The van der Waals surface area contributed by atoms with E-state index in [0.717, 1.165) is 59.1 Å². The highest BCUT2D eigenvalue weighted by atomic mass is 16.2. The normalized spacial score (nSPS) is 15.9. The average molecular weight is 713 g/mol. The molecule has 272 valence electrons. The van der Waals surface area contributed by atoms with E-state index in [2.05, 4.69) is 94.1 Å². The van der Waals surface area contributed by atoms with E-state index in [4.69, 9.17) is 0 Å². The van der Waals surface area contributed by atoms with E-state index in [1.54, 1.807) is 0 Å². The lowest BCUT2D eigenvalue weighted by molar-refractivity contribution is -0.124. The van der Waals surface area contributed by atoms with Crippen molar-refractivity contribution in [2.45, 2.75) is 48.8 Å². The molecule has 0 aromatic heterocycles. The first-order chi connectivity index (χ1) is 26.6. The molecule has 6 aromatic rings. The molecule has 0 saturated heterocycles. The standard InChI is InChI=1S/C48H48N4O2/c53-45(35-49-47(37-21-7-1-8-22-37,38-23-9-2-10-24-38)39-25-11-3-12-26-39)51-43-33-19-20-34-44(43)52-46(54)36-50-48(40-27-13-4-14-28-40,41-29-15-5-16-30-41)42-31-17-6-18-32-42/h1-18,21-32,43-44,49-50H,19-20,33-36H2,(H,51,53)(H,52,54)/t43-,44+. The minimum absolute atomic E-state index is 0.0884. The maximum atomic E-state index is 13.9. The molecule has 0 heterocycles. The SMILES string of the molecule is O=C(CNC(c1ccccc1)(c1ccccc1)c1ccccc1)N[C@H]1CCCC[C@H]1NC(=O)CNC(c1ccccc1)(c1ccccc1)c1ccccc1. The highest BCUT2D eigenvalue weighted by molar-refractivity contribution is 5.80. The van der Waals surface area contributed by atoms with Gasteiger partial charge in [-0.1, -0.05) is 195 Å². The number of hydrogen-bond acceptors (Lipinski definition) is 4. The molecule has 2 amide bonds. The van der Waals surface area contributed by atoms with E-state index < -0.39 is 11.1 Å². The molecule has 6 heteroatoms. The summed E-state index contributed by atoms with van der Waals surface area (Å²) in [6.45, 7) is 0.177. The molecular weight excluding hydrogens is 665 g/mol. The fourth-order valence-corrected chi connectivity index (χ4v) is 8.16. The molecule has 6 aromatic carbocycles. The van der Waals surface area contributed by atoms with Crippen molar-refractivity contribution < 1.29 is 9.59 Å². The first kappa shape index (κ1) is 36.5. The number of amides is 2. The molecule has 0 aliphatic heterocycles. The van der Waals surface area contributed by atoms with Crippen LogP contribution in [0.1, 0.15) is 59.1 Å². The molecule has 1 saturated carbocycles. The second-order valence-corrected chi connectivity index (χ2v) is 14.0. The van der Waals surface area contributed by atoms with Gasteiger partial charge in [-0.2, -0.15) is 0 Å². The predicted octanol–water partition coefficient (Wildman–Crippen LogP) is 7.69. The fourth-order valence-electron chi connectivity index (χ4n) is 8.16. The van der Waals surface area contributed by atoms with E-state index in [1.165, 1.54) is 0 Å². The smallest absolute Gasteiger partial charge is 0.234 e. The lowest BCUT2D eigenvalue weighted by Crippen LogP contribution is -2.57. The third-order valence-corrected chi connectivity index (χ3v) is 10.7. The van der Waals surface area contributed by atoms with Crippen molar-refractivity contribution in [2.75, 3.05) is 13.1 Å². The molecule has 7 rings (SSSR count). The summed E-state index contributed by atoms with van der Waals surface area (Å²) in [7, 11) is 0. The van der Waals surface area contributed by atoms with Gasteiger partial charge in [0, 0.05) is 12.1 Å². The van der Waals surface area contributed by atoms with Gasteiger partial charge in [-0.3, -0.25) is 20.2 Å². The highest BCUT2D eigenvalue weighted by Crippen LogP contribution is 2.38. The highest BCUT2D eigenvalue weighted by Gasteiger charge is 2.38. The second-order valence-electron chi connectivity index (χ2n) is 14.0. The van der Waals surface area contributed by atoms with Crippen LogP contribution in [0.25, 0.3) is 0 Å². The Bertz CT molecular complexity index is 1720. The lowest BCUT2D eigenvalue weighted by atomic mass is 9.77. The van der Waals surface area contributed by atoms with Crippen LogP contribution >= 0.6 is 0 Å². The van der Waals surface area contributed by atoms with Gasteiger partial charge in [0.05, 0.1) is 24.2 Å². The van der Waals surface area contributed by atoms with E-state index in [0.29, 0.717) is 0 Å². The molecule has 0 radical (unpaired) electrons. The summed E-state index contributed by atoms with van der Waals surface area (Å²) in [6.07, 6.45) is 3.58. The van der Waals surface area contributed by atoms with Crippen LogP contribution in [0.15, 0.2) is 182 Å². The van der Waals surface area contributed by atoms with Crippen LogP contribution in [-0.4, -0.2) is 37.0 Å².